The molecule has 3 heteroatoms. The molecule has 2 atom stereocenters. The largest absolute Gasteiger partial charge is 0.326 e. The van der Waals surface area contributed by atoms with Crippen molar-refractivity contribution < 1.29 is 4.79 Å². The third-order valence-electron chi connectivity index (χ3n) is 3.68. The first-order valence-corrected chi connectivity index (χ1v) is 5.88. The Kier molecular flexibility index (Phi) is 2.21. The zero-order valence-electron chi connectivity index (χ0n) is 9.42. The Morgan fingerprint density at radius 1 is 1.31 bits per heavy atom. The van der Waals surface area contributed by atoms with E-state index in [1.54, 1.807) is 0 Å². The van der Waals surface area contributed by atoms with E-state index < -0.39 is 0 Å². The number of hydrogen-bond acceptors (Lipinski definition) is 2. The molecule has 0 saturated carbocycles. The van der Waals surface area contributed by atoms with Crippen LogP contribution in [-0.2, 0) is 4.79 Å². The van der Waals surface area contributed by atoms with Crippen molar-refractivity contribution in [1.29, 1.82) is 0 Å². The minimum absolute atomic E-state index is 0.163. The maximum Gasteiger partial charge on any atom is 0.228 e. The van der Waals surface area contributed by atoms with Gasteiger partial charge in [0.25, 0.3) is 0 Å². The second-order valence-electron chi connectivity index (χ2n) is 4.79. The molecule has 3 nitrogen and oxygen atoms in total. The Labute approximate surface area is 95.2 Å². The fourth-order valence-corrected chi connectivity index (χ4v) is 2.83. The molecule has 1 aromatic rings. The fourth-order valence-electron chi connectivity index (χ4n) is 2.83. The van der Waals surface area contributed by atoms with Crippen LogP contribution in [0.15, 0.2) is 18.2 Å². The Morgan fingerprint density at radius 3 is 3.06 bits per heavy atom. The first kappa shape index (κ1) is 9.85. The Morgan fingerprint density at radius 2 is 2.19 bits per heavy atom. The molecule has 0 bridgehead atoms. The van der Waals surface area contributed by atoms with Crippen molar-refractivity contribution in [3.63, 3.8) is 0 Å². The average Bonchev–Trinajstić information content (AvgIpc) is 2.29. The summed E-state index contributed by atoms with van der Waals surface area (Å²) in [6, 6.07) is 6.36. The van der Waals surface area contributed by atoms with Crippen molar-refractivity contribution in [3.05, 3.63) is 29.3 Å². The monoisotopic (exact) mass is 216 g/mol. The molecule has 2 heterocycles. The fraction of sp³-hybridized carbons (Fsp3) is 0.462. The van der Waals surface area contributed by atoms with E-state index in [2.05, 4.69) is 35.8 Å². The lowest BCUT2D eigenvalue weighted by atomic mass is 9.77. The number of carbonyl (C=O) groups excluding carboxylic acids is 1. The van der Waals surface area contributed by atoms with E-state index >= 15 is 0 Å². The van der Waals surface area contributed by atoms with Gasteiger partial charge in [0.05, 0.1) is 0 Å². The lowest BCUT2D eigenvalue weighted by Crippen LogP contribution is -2.44. The normalized spacial score (nSPS) is 27.9. The first-order valence-electron chi connectivity index (χ1n) is 5.88. The van der Waals surface area contributed by atoms with Gasteiger partial charge in [-0.25, -0.2) is 0 Å². The number of aryl methyl sites for hydroxylation is 1. The number of fused-ring (bicyclic) bond motifs is 3. The summed E-state index contributed by atoms with van der Waals surface area (Å²) < 4.78 is 0. The SMILES string of the molecule is Cc1ccc2c(c1)NC(=O)C1CCNCC21. The molecule has 84 valence electrons. The Hall–Kier alpha value is -1.35. The van der Waals surface area contributed by atoms with Gasteiger partial charge in [-0.1, -0.05) is 12.1 Å². The minimum Gasteiger partial charge on any atom is -0.326 e. The van der Waals surface area contributed by atoms with Crippen molar-refractivity contribution in [2.24, 2.45) is 5.92 Å². The second-order valence-corrected chi connectivity index (χ2v) is 4.79. The number of hydrogen-bond donors (Lipinski definition) is 2. The van der Waals surface area contributed by atoms with Crippen LogP contribution in [0.4, 0.5) is 5.69 Å². The summed E-state index contributed by atoms with van der Waals surface area (Å²) in [4.78, 5) is 12.0. The molecular formula is C13H16N2O. The molecule has 0 aliphatic carbocycles. The van der Waals surface area contributed by atoms with E-state index in [0.717, 1.165) is 25.2 Å². The van der Waals surface area contributed by atoms with Gasteiger partial charge in [-0.05, 0) is 37.1 Å². The smallest absolute Gasteiger partial charge is 0.228 e. The van der Waals surface area contributed by atoms with E-state index in [1.807, 2.05) is 0 Å². The van der Waals surface area contributed by atoms with Crippen LogP contribution >= 0.6 is 0 Å². The molecule has 16 heavy (non-hydrogen) atoms. The highest BCUT2D eigenvalue weighted by molar-refractivity contribution is 5.96. The summed E-state index contributed by atoms with van der Waals surface area (Å²) >= 11 is 0. The highest BCUT2D eigenvalue weighted by Gasteiger charge is 2.36. The lowest BCUT2D eigenvalue weighted by Gasteiger charge is -2.36. The Balaban J connectivity index is 2.06. The maximum atomic E-state index is 12.0. The standard InChI is InChI=1S/C13H16N2O/c1-8-2-3-9-11-7-14-5-4-10(11)13(16)15-12(9)6-8/h2-3,6,10-11,14H,4-5,7H2,1H3,(H,15,16). The molecule has 0 aromatic heterocycles. The predicted octanol–water partition coefficient (Wildman–Crippen LogP) is 1.64. The van der Waals surface area contributed by atoms with Crippen LogP contribution in [0.25, 0.3) is 0 Å². The van der Waals surface area contributed by atoms with E-state index in [4.69, 9.17) is 0 Å². The van der Waals surface area contributed by atoms with Gasteiger partial charge in [0, 0.05) is 24.1 Å². The average molecular weight is 216 g/mol. The number of nitrogens with one attached hydrogen (secondary N) is 2. The van der Waals surface area contributed by atoms with Gasteiger partial charge in [0.1, 0.15) is 0 Å². The number of carbonyl (C=O) groups is 1. The summed E-state index contributed by atoms with van der Waals surface area (Å²) in [5.74, 6) is 0.721. The van der Waals surface area contributed by atoms with Crippen molar-refractivity contribution in [2.45, 2.75) is 19.3 Å². The number of anilines is 1. The highest BCUT2D eigenvalue weighted by Crippen LogP contribution is 2.38. The van der Waals surface area contributed by atoms with Gasteiger partial charge in [0.2, 0.25) is 5.91 Å². The summed E-state index contributed by atoms with van der Waals surface area (Å²) in [6.45, 7) is 3.93. The van der Waals surface area contributed by atoms with Crippen molar-refractivity contribution in [3.8, 4) is 0 Å². The summed E-state index contributed by atoms with van der Waals surface area (Å²) in [6.07, 6.45) is 0.948. The zero-order valence-corrected chi connectivity index (χ0v) is 9.42. The number of amides is 1. The van der Waals surface area contributed by atoms with Crippen molar-refractivity contribution in [1.82, 2.24) is 5.32 Å². The molecular weight excluding hydrogens is 200 g/mol. The lowest BCUT2D eigenvalue weighted by molar-refractivity contribution is -0.121. The van der Waals surface area contributed by atoms with Gasteiger partial charge in [-0.3, -0.25) is 4.79 Å². The van der Waals surface area contributed by atoms with Gasteiger partial charge in [0.15, 0.2) is 0 Å². The van der Waals surface area contributed by atoms with Crippen molar-refractivity contribution >= 4 is 11.6 Å². The minimum atomic E-state index is 0.163. The summed E-state index contributed by atoms with van der Waals surface area (Å²) in [7, 11) is 0. The molecule has 2 unspecified atom stereocenters. The maximum absolute atomic E-state index is 12.0. The van der Waals surface area contributed by atoms with Crippen LogP contribution in [0, 0.1) is 12.8 Å². The molecule has 0 spiro atoms. The van der Waals surface area contributed by atoms with E-state index in [-0.39, 0.29) is 11.8 Å². The molecule has 1 amide bonds. The zero-order chi connectivity index (χ0) is 11.1. The molecule has 2 N–H and O–H groups in total. The van der Waals surface area contributed by atoms with Crippen LogP contribution in [0.1, 0.15) is 23.5 Å². The number of piperidine rings is 1. The first-order chi connectivity index (χ1) is 7.75. The quantitative estimate of drug-likeness (QED) is 0.692. The molecule has 0 radical (unpaired) electrons. The molecule has 2 aliphatic heterocycles. The van der Waals surface area contributed by atoms with E-state index in [9.17, 15) is 4.79 Å². The molecule has 3 rings (SSSR count). The summed E-state index contributed by atoms with van der Waals surface area (Å²) in [5.41, 5.74) is 3.50. The van der Waals surface area contributed by atoms with Gasteiger partial charge < -0.3 is 10.6 Å². The molecule has 1 saturated heterocycles. The van der Waals surface area contributed by atoms with E-state index in [0.29, 0.717) is 5.92 Å². The predicted molar refractivity (Wildman–Crippen MR) is 63.5 cm³/mol. The van der Waals surface area contributed by atoms with Gasteiger partial charge >= 0.3 is 0 Å². The second kappa shape index (κ2) is 3.59. The van der Waals surface area contributed by atoms with Crippen molar-refractivity contribution in [2.75, 3.05) is 18.4 Å². The topological polar surface area (TPSA) is 41.1 Å². The van der Waals surface area contributed by atoms with Crippen LogP contribution < -0.4 is 10.6 Å². The van der Waals surface area contributed by atoms with Crippen LogP contribution in [-0.4, -0.2) is 19.0 Å². The van der Waals surface area contributed by atoms with Crippen LogP contribution in [0.2, 0.25) is 0 Å². The van der Waals surface area contributed by atoms with Gasteiger partial charge in [-0.15, -0.1) is 0 Å². The summed E-state index contributed by atoms with van der Waals surface area (Å²) in [5, 5.41) is 6.41. The third kappa shape index (κ3) is 1.43. The van der Waals surface area contributed by atoms with Crippen LogP contribution in [0.3, 0.4) is 0 Å². The van der Waals surface area contributed by atoms with Gasteiger partial charge in [-0.2, -0.15) is 0 Å². The van der Waals surface area contributed by atoms with E-state index in [1.165, 1.54) is 11.1 Å². The molecule has 1 aromatic carbocycles. The van der Waals surface area contributed by atoms with Crippen LogP contribution in [0.5, 0.6) is 0 Å². The third-order valence-corrected chi connectivity index (χ3v) is 3.68. The Bertz CT molecular complexity index is 442. The highest BCUT2D eigenvalue weighted by atomic mass is 16.2. The number of benzene rings is 1. The number of rotatable bonds is 0. The molecule has 2 aliphatic rings. The molecule has 1 fully saturated rings.